The Bertz CT molecular complexity index is 442. The Kier molecular flexibility index (Phi) is 4.86. The average molecular weight is 258 g/mol. The number of hydrogen-bond donors (Lipinski definition) is 2. The fourth-order valence-corrected chi connectivity index (χ4v) is 2.14. The van der Waals surface area contributed by atoms with Gasteiger partial charge in [0.05, 0.1) is 0 Å². The molecule has 0 aliphatic carbocycles. The van der Waals surface area contributed by atoms with Crippen LogP contribution in [0.1, 0.15) is 0 Å². The van der Waals surface area contributed by atoms with Crippen molar-refractivity contribution < 1.29 is 8.42 Å². The van der Waals surface area contributed by atoms with Crippen molar-refractivity contribution in [2.75, 3.05) is 39.5 Å². The summed E-state index contributed by atoms with van der Waals surface area (Å²) in [5, 5.41) is 2.83. The molecule has 0 unspecified atom stereocenters. The van der Waals surface area contributed by atoms with E-state index >= 15 is 0 Å². The zero-order chi connectivity index (χ0) is 12.9. The van der Waals surface area contributed by atoms with Crippen molar-refractivity contribution in [3.05, 3.63) is 18.3 Å². The Morgan fingerprint density at radius 2 is 2.06 bits per heavy atom. The van der Waals surface area contributed by atoms with Crippen LogP contribution in [0.3, 0.4) is 0 Å². The topological polar surface area (TPSA) is 74.3 Å². The Balaban J connectivity index is 2.68. The maximum Gasteiger partial charge on any atom is 0.242 e. The number of nitrogens with one attached hydrogen (secondary N) is 2. The largest absolute Gasteiger partial charge is 0.373 e. The predicted molar refractivity (Wildman–Crippen MR) is 67.5 cm³/mol. The van der Waals surface area contributed by atoms with Crippen molar-refractivity contribution in [3.8, 4) is 0 Å². The molecule has 0 aliphatic heterocycles. The van der Waals surface area contributed by atoms with Gasteiger partial charge in [0.2, 0.25) is 10.0 Å². The van der Waals surface area contributed by atoms with Gasteiger partial charge >= 0.3 is 0 Å². The van der Waals surface area contributed by atoms with Gasteiger partial charge in [-0.25, -0.2) is 18.1 Å². The van der Waals surface area contributed by atoms with Crippen LogP contribution in [0, 0.1) is 0 Å². The van der Waals surface area contributed by atoms with Crippen LogP contribution >= 0.6 is 0 Å². The highest BCUT2D eigenvalue weighted by molar-refractivity contribution is 7.89. The van der Waals surface area contributed by atoms with Crippen molar-refractivity contribution in [2.24, 2.45) is 0 Å². The lowest BCUT2D eigenvalue weighted by Crippen LogP contribution is -2.31. The molecule has 0 radical (unpaired) electrons. The number of aromatic nitrogens is 1. The number of likely N-dealkylation sites (N-methyl/N-ethyl adjacent to an activating group) is 1. The summed E-state index contributed by atoms with van der Waals surface area (Å²) >= 11 is 0. The summed E-state index contributed by atoms with van der Waals surface area (Å²) in [6.45, 7) is 1.03. The molecule has 0 atom stereocenters. The van der Waals surface area contributed by atoms with Gasteiger partial charge in [0, 0.05) is 26.3 Å². The lowest BCUT2D eigenvalue weighted by molar-refractivity contribution is 0.412. The number of anilines is 1. The molecule has 0 bridgehead atoms. The van der Waals surface area contributed by atoms with Gasteiger partial charge in [-0.1, -0.05) is 0 Å². The molecule has 0 aromatic carbocycles. The van der Waals surface area contributed by atoms with E-state index in [1.807, 2.05) is 19.0 Å². The molecule has 7 heteroatoms. The summed E-state index contributed by atoms with van der Waals surface area (Å²) in [4.78, 5) is 6.05. The van der Waals surface area contributed by atoms with Gasteiger partial charge in [-0.2, -0.15) is 0 Å². The van der Waals surface area contributed by atoms with Gasteiger partial charge in [0.15, 0.2) is 0 Å². The van der Waals surface area contributed by atoms with Crippen LogP contribution in [-0.2, 0) is 10.0 Å². The lowest BCUT2D eigenvalue weighted by atomic mass is 10.5. The Hall–Kier alpha value is -1.18. The van der Waals surface area contributed by atoms with Crippen LogP contribution in [0.5, 0.6) is 0 Å². The summed E-state index contributed by atoms with van der Waals surface area (Å²) in [5.41, 5.74) is 0. The standard InChI is InChI=1S/C10H18N4O2S/c1-11-10-5-4-9(8-12-10)17(15,16)13-6-7-14(2)3/h4-5,8,13H,6-7H2,1-3H3,(H,11,12). The number of sulfonamides is 1. The molecule has 0 saturated carbocycles. The van der Waals surface area contributed by atoms with Crippen LogP contribution in [0.2, 0.25) is 0 Å². The molecule has 1 aromatic rings. The highest BCUT2D eigenvalue weighted by atomic mass is 32.2. The number of hydrogen-bond acceptors (Lipinski definition) is 5. The van der Waals surface area contributed by atoms with Gasteiger partial charge in [0.1, 0.15) is 10.7 Å². The highest BCUT2D eigenvalue weighted by Crippen LogP contribution is 2.09. The molecular formula is C10H18N4O2S. The van der Waals surface area contributed by atoms with Gasteiger partial charge in [0.25, 0.3) is 0 Å². The number of nitrogens with zero attached hydrogens (tertiary/aromatic N) is 2. The zero-order valence-electron chi connectivity index (χ0n) is 10.3. The van der Waals surface area contributed by atoms with E-state index in [9.17, 15) is 8.42 Å². The second-order valence-electron chi connectivity index (χ2n) is 3.83. The number of rotatable bonds is 6. The highest BCUT2D eigenvalue weighted by Gasteiger charge is 2.13. The second-order valence-corrected chi connectivity index (χ2v) is 5.60. The first kappa shape index (κ1) is 13.9. The average Bonchev–Trinajstić information content (AvgIpc) is 2.28. The van der Waals surface area contributed by atoms with Gasteiger partial charge in [-0.05, 0) is 26.2 Å². The molecule has 17 heavy (non-hydrogen) atoms. The predicted octanol–water partition coefficient (Wildman–Crippen LogP) is -0.0368. The smallest absolute Gasteiger partial charge is 0.242 e. The maximum atomic E-state index is 11.8. The Morgan fingerprint density at radius 1 is 1.35 bits per heavy atom. The van der Waals surface area contributed by atoms with E-state index in [1.54, 1.807) is 13.1 Å². The van der Waals surface area contributed by atoms with Crippen molar-refractivity contribution >= 4 is 15.8 Å². The van der Waals surface area contributed by atoms with Crippen molar-refractivity contribution in [3.63, 3.8) is 0 Å². The van der Waals surface area contributed by atoms with Gasteiger partial charge < -0.3 is 10.2 Å². The van der Waals surface area contributed by atoms with Crippen LogP contribution in [-0.4, -0.2) is 52.5 Å². The molecule has 2 N–H and O–H groups in total. The van der Waals surface area contributed by atoms with Crippen molar-refractivity contribution in [1.29, 1.82) is 0 Å². The molecule has 0 spiro atoms. The quantitative estimate of drug-likeness (QED) is 0.749. The van der Waals surface area contributed by atoms with Crippen LogP contribution < -0.4 is 10.0 Å². The minimum atomic E-state index is -3.45. The van der Waals surface area contributed by atoms with Crippen LogP contribution in [0.25, 0.3) is 0 Å². The first-order valence-electron chi connectivity index (χ1n) is 5.24. The third-order valence-corrected chi connectivity index (χ3v) is 3.60. The van der Waals surface area contributed by atoms with E-state index in [4.69, 9.17) is 0 Å². The summed E-state index contributed by atoms with van der Waals surface area (Å²) in [5.74, 6) is 0.636. The zero-order valence-corrected chi connectivity index (χ0v) is 11.1. The number of pyridine rings is 1. The van der Waals surface area contributed by atoms with Crippen molar-refractivity contribution in [2.45, 2.75) is 4.90 Å². The third-order valence-electron chi connectivity index (χ3n) is 2.15. The molecule has 1 aromatic heterocycles. The van der Waals surface area contributed by atoms with Crippen LogP contribution in [0.4, 0.5) is 5.82 Å². The summed E-state index contributed by atoms with van der Waals surface area (Å²) in [7, 11) is 2.05. The molecular weight excluding hydrogens is 240 g/mol. The van der Waals surface area contributed by atoms with E-state index in [1.165, 1.54) is 12.3 Å². The Morgan fingerprint density at radius 3 is 2.53 bits per heavy atom. The first-order chi connectivity index (χ1) is 7.95. The van der Waals surface area contributed by atoms with E-state index in [-0.39, 0.29) is 4.90 Å². The van der Waals surface area contributed by atoms with E-state index in [2.05, 4.69) is 15.0 Å². The SMILES string of the molecule is CNc1ccc(S(=O)(=O)NCCN(C)C)cn1. The fraction of sp³-hybridized carbons (Fsp3) is 0.500. The lowest BCUT2D eigenvalue weighted by Gasteiger charge is -2.11. The normalized spacial score (nSPS) is 11.8. The van der Waals surface area contributed by atoms with Crippen molar-refractivity contribution in [1.82, 2.24) is 14.6 Å². The monoisotopic (exact) mass is 258 g/mol. The molecule has 0 fully saturated rings. The molecule has 1 heterocycles. The summed E-state index contributed by atoms with van der Waals surface area (Å²) in [6, 6.07) is 3.15. The van der Waals surface area contributed by atoms with E-state index < -0.39 is 10.0 Å². The maximum absolute atomic E-state index is 11.8. The molecule has 0 aliphatic rings. The van der Waals surface area contributed by atoms with Gasteiger partial charge in [-0.15, -0.1) is 0 Å². The minimum absolute atomic E-state index is 0.176. The Labute approximate surface area is 102 Å². The van der Waals surface area contributed by atoms with Crippen LogP contribution in [0.15, 0.2) is 23.2 Å². The first-order valence-corrected chi connectivity index (χ1v) is 6.72. The molecule has 0 saturated heterocycles. The molecule has 96 valence electrons. The molecule has 1 rings (SSSR count). The van der Waals surface area contributed by atoms with E-state index in [0.29, 0.717) is 18.9 Å². The molecule has 6 nitrogen and oxygen atoms in total. The second kappa shape index (κ2) is 5.95. The minimum Gasteiger partial charge on any atom is -0.373 e. The molecule has 0 amide bonds. The van der Waals surface area contributed by atoms with E-state index in [0.717, 1.165) is 0 Å². The fourth-order valence-electron chi connectivity index (χ4n) is 1.17. The summed E-state index contributed by atoms with van der Waals surface area (Å²) in [6.07, 6.45) is 1.34. The summed E-state index contributed by atoms with van der Waals surface area (Å²) < 4.78 is 26.2. The van der Waals surface area contributed by atoms with Gasteiger partial charge in [-0.3, -0.25) is 0 Å². The third kappa shape index (κ3) is 4.29.